The summed E-state index contributed by atoms with van der Waals surface area (Å²) in [5.41, 5.74) is 0. The minimum absolute atomic E-state index is 0.0323. The van der Waals surface area contributed by atoms with Crippen LogP contribution in [-0.2, 0) is 10.0 Å². The molecular formula is C12H13Cl3FNO2S. The molecule has 0 heterocycles. The van der Waals surface area contributed by atoms with E-state index in [1.54, 1.807) is 0 Å². The van der Waals surface area contributed by atoms with E-state index >= 15 is 0 Å². The van der Waals surface area contributed by atoms with E-state index in [1.807, 2.05) is 0 Å². The molecule has 8 heteroatoms. The lowest BCUT2D eigenvalue weighted by molar-refractivity contribution is 0.523. The Labute approximate surface area is 132 Å². The van der Waals surface area contributed by atoms with Crippen molar-refractivity contribution < 1.29 is 12.8 Å². The van der Waals surface area contributed by atoms with Crippen molar-refractivity contribution in [3.05, 3.63) is 28.0 Å². The molecule has 2 rings (SSSR count). The van der Waals surface area contributed by atoms with Crippen molar-refractivity contribution in [2.75, 3.05) is 6.54 Å². The van der Waals surface area contributed by atoms with Gasteiger partial charge < -0.3 is 0 Å². The summed E-state index contributed by atoms with van der Waals surface area (Å²) in [7, 11) is -3.88. The lowest BCUT2D eigenvalue weighted by atomic mass is 10.1. The van der Waals surface area contributed by atoms with Crippen molar-refractivity contribution in [3.8, 4) is 0 Å². The van der Waals surface area contributed by atoms with Gasteiger partial charge in [0, 0.05) is 11.9 Å². The molecule has 1 aromatic carbocycles. The molecule has 0 spiro atoms. The molecule has 1 aromatic rings. The van der Waals surface area contributed by atoms with E-state index in [0.717, 1.165) is 25.3 Å². The maximum atomic E-state index is 13.5. The Bertz CT molecular complexity index is 609. The zero-order valence-corrected chi connectivity index (χ0v) is 13.5. The third-order valence-electron chi connectivity index (χ3n) is 3.39. The molecule has 112 valence electrons. The highest BCUT2D eigenvalue weighted by Gasteiger charge is 2.28. The van der Waals surface area contributed by atoms with Crippen LogP contribution in [-0.4, -0.2) is 20.3 Å². The molecule has 20 heavy (non-hydrogen) atoms. The van der Waals surface area contributed by atoms with Crippen LogP contribution < -0.4 is 4.72 Å². The van der Waals surface area contributed by atoms with Crippen LogP contribution in [0.2, 0.25) is 10.0 Å². The van der Waals surface area contributed by atoms with Crippen molar-refractivity contribution in [3.63, 3.8) is 0 Å². The minimum Gasteiger partial charge on any atom is -0.211 e. The Hall–Kier alpha value is -0.0700. The maximum absolute atomic E-state index is 13.5. The Kier molecular flexibility index (Phi) is 5.19. The van der Waals surface area contributed by atoms with Crippen LogP contribution in [0.1, 0.15) is 19.3 Å². The van der Waals surface area contributed by atoms with Crippen LogP contribution in [0.3, 0.4) is 0 Å². The van der Waals surface area contributed by atoms with Crippen molar-refractivity contribution in [2.45, 2.75) is 29.5 Å². The first-order chi connectivity index (χ1) is 9.33. The van der Waals surface area contributed by atoms with Gasteiger partial charge in [-0.1, -0.05) is 29.6 Å². The van der Waals surface area contributed by atoms with E-state index in [1.165, 1.54) is 6.07 Å². The summed E-state index contributed by atoms with van der Waals surface area (Å²) in [6.45, 7) is 0.219. The minimum atomic E-state index is -3.88. The number of alkyl halides is 1. The number of halogens is 4. The third-order valence-corrected chi connectivity index (χ3v) is 6.21. The fourth-order valence-corrected chi connectivity index (χ4v) is 4.44. The van der Waals surface area contributed by atoms with Gasteiger partial charge in [-0.25, -0.2) is 17.5 Å². The standard InChI is InChI=1S/C12H13Cl3FNO2S/c13-8-3-1-2-7(8)6-17-20(18,19)10-5-4-9(14)12(16)11(10)15/h4-5,7-8,17H,1-3,6H2. The van der Waals surface area contributed by atoms with Gasteiger partial charge in [-0.3, -0.25) is 0 Å². The zero-order chi connectivity index (χ0) is 14.9. The highest BCUT2D eigenvalue weighted by molar-refractivity contribution is 7.89. The summed E-state index contributed by atoms with van der Waals surface area (Å²) in [5, 5.41) is -0.750. The van der Waals surface area contributed by atoms with Gasteiger partial charge in [-0.05, 0) is 30.9 Å². The first-order valence-electron chi connectivity index (χ1n) is 6.10. The molecule has 0 radical (unpaired) electrons. The first-order valence-corrected chi connectivity index (χ1v) is 8.77. The van der Waals surface area contributed by atoms with Gasteiger partial charge in [0.25, 0.3) is 0 Å². The summed E-state index contributed by atoms with van der Waals surface area (Å²) in [4.78, 5) is -0.315. The Morgan fingerprint density at radius 1 is 1.30 bits per heavy atom. The maximum Gasteiger partial charge on any atom is 0.242 e. The molecule has 3 nitrogen and oxygen atoms in total. The van der Waals surface area contributed by atoms with Crippen molar-refractivity contribution in [1.29, 1.82) is 0 Å². The van der Waals surface area contributed by atoms with E-state index in [0.29, 0.717) is 0 Å². The molecule has 0 saturated heterocycles. The Balaban J connectivity index is 2.16. The first kappa shape index (κ1) is 16.3. The van der Waals surface area contributed by atoms with Crippen molar-refractivity contribution in [2.24, 2.45) is 5.92 Å². The van der Waals surface area contributed by atoms with Gasteiger partial charge in [-0.2, -0.15) is 0 Å². The van der Waals surface area contributed by atoms with Crippen LogP contribution in [0, 0.1) is 11.7 Å². The normalized spacial score (nSPS) is 23.2. The van der Waals surface area contributed by atoms with E-state index < -0.39 is 20.9 Å². The number of nitrogens with one attached hydrogen (secondary N) is 1. The molecule has 0 aliphatic heterocycles. The third kappa shape index (κ3) is 3.39. The van der Waals surface area contributed by atoms with Gasteiger partial charge in [0.15, 0.2) is 5.82 Å². The molecule has 1 fully saturated rings. The predicted molar refractivity (Wildman–Crippen MR) is 78.6 cm³/mol. The molecule has 1 aliphatic carbocycles. The van der Waals surface area contributed by atoms with Crippen molar-refractivity contribution >= 4 is 44.8 Å². The fraction of sp³-hybridized carbons (Fsp3) is 0.500. The largest absolute Gasteiger partial charge is 0.242 e. The van der Waals surface area contributed by atoms with Crippen LogP contribution >= 0.6 is 34.8 Å². The summed E-state index contributed by atoms with van der Waals surface area (Å²) >= 11 is 17.3. The topological polar surface area (TPSA) is 46.2 Å². The average molecular weight is 361 g/mol. The van der Waals surface area contributed by atoms with Gasteiger partial charge in [0.05, 0.1) is 10.0 Å². The summed E-state index contributed by atoms with van der Waals surface area (Å²) < 4.78 is 40.2. The molecule has 0 bridgehead atoms. The second kappa shape index (κ2) is 6.36. The summed E-state index contributed by atoms with van der Waals surface area (Å²) in [5.74, 6) is -0.852. The number of rotatable bonds is 4. The Morgan fingerprint density at radius 3 is 2.60 bits per heavy atom. The molecule has 0 amide bonds. The fourth-order valence-electron chi connectivity index (χ4n) is 2.23. The lowest BCUT2D eigenvalue weighted by Gasteiger charge is -2.15. The molecular weight excluding hydrogens is 348 g/mol. The molecule has 1 N–H and O–H groups in total. The van der Waals surface area contributed by atoms with Crippen LogP contribution in [0.25, 0.3) is 0 Å². The van der Waals surface area contributed by atoms with Crippen LogP contribution in [0.4, 0.5) is 4.39 Å². The van der Waals surface area contributed by atoms with Gasteiger partial charge >= 0.3 is 0 Å². The Morgan fingerprint density at radius 2 is 2.00 bits per heavy atom. The molecule has 1 aliphatic rings. The zero-order valence-electron chi connectivity index (χ0n) is 10.4. The van der Waals surface area contributed by atoms with E-state index in [-0.39, 0.29) is 27.8 Å². The molecule has 0 aromatic heterocycles. The van der Waals surface area contributed by atoms with Crippen molar-refractivity contribution in [1.82, 2.24) is 4.72 Å². The second-order valence-electron chi connectivity index (χ2n) is 4.73. The van der Waals surface area contributed by atoms with E-state index in [4.69, 9.17) is 34.8 Å². The number of hydrogen-bond acceptors (Lipinski definition) is 2. The lowest BCUT2D eigenvalue weighted by Crippen LogP contribution is -2.31. The number of hydrogen-bond donors (Lipinski definition) is 1. The van der Waals surface area contributed by atoms with Crippen LogP contribution in [0.15, 0.2) is 17.0 Å². The SMILES string of the molecule is O=S(=O)(NCC1CCCC1Cl)c1ccc(Cl)c(F)c1Cl. The van der Waals surface area contributed by atoms with Gasteiger partial charge in [0.1, 0.15) is 4.90 Å². The molecule has 2 atom stereocenters. The highest BCUT2D eigenvalue weighted by atomic mass is 35.5. The van der Waals surface area contributed by atoms with E-state index in [2.05, 4.69) is 4.72 Å². The monoisotopic (exact) mass is 359 g/mol. The molecule has 1 saturated carbocycles. The number of sulfonamides is 1. The predicted octanol–water partition coefficient (Wildman–Crippen LogP) is 3.82. The smallest absolute Gasteiger partial charge is 0.211 e. The van der Waals surface area contributed by atoms with Gasteiger partial charge in [-0.15, -0.1) is 11.6 Å². The summed E-state index contributed by atoms with van der Waals surface area (Å²) in [6.07, 6.45) is 2.74. The van der Waals surface area contributed by atoms with Crippen LogP contribution in [0.5, 0.6) is 0 Å². The summed E-state index contributed by atoms with van der Waals surface area (Å²) in [6, 6.07) is 2.35. The second-order valence-corrected chi connectivity index (χ2v) is 7.81. The van der Waals surface area contributed by atoms with Gasteiger partial charge in [0.2, 0.25) is 10.0 Å². The van der Waals surface area contributed by atoms with E-state index in [9.17, 15) is 12.8 Å². The molecule has 2 unspecified atom stereocenters. The average Bonchev–Trinajstić information content (AvgIpc) is 2.79. The quantitative estimate of drug-likeness (QED) is 0.655. The number of benzene rings is 1. The highest BCUT2D eigenvalue weighted by Crippen LogP contribution is 2.31.